The van der Waals surface area contributed by atoms with Crippen LogP contribution in [-0.4, -0.2) is 27.0 Å². The summed E-state index contributed by atoms with van der Waals surface area (Å²) in [5, 5.41) is 2.75. The van der Waals surface area contributed by atoms with Crippen molar-refractivity contribution in [2.24, 2.45) is 0 Å². The maximum atomic E-state index is 12.7. The zero-order valence-corrected chi connectivity index (χ0v) is 17.9. The van der Waals surface area contributed by atoms with Gasteiger partial charge in [0.25, 0.3) is 5.91 Å². The number of carbonyl (C=O) groups excluding carboxylic acids is 1. The normalized spacial score (nSPS) is 11.9. The van der Waals surface area contributed by atoms with Gasteiger partial charge in [0.2, 0.25) is 10.0 Å². The maximum Gasteiger partial charge on any atom is 0.255 e. The van der Waals surface area contributed by atoms with Gasteiger partial charge in [0.15, 0.2) is 0 Å². The Morgan fingerprint density at radius 3 is 2.23 bits per heavy atom. The van der Waals surface area contributed by atoms with Crippen LogP contribution in [0.5, 0.6) is 5.75 Å². The van der Waals surface area contributed by atoms with Crippen LogP contribution in [0.3, 0.4) is 0 Å². The largest absolute Gasteiger partial charge is 0.495 e. The minimum absolute atomic E-state index is 0.0785. The lowest BCUT2D eigenvalue weighted by atomic mass is 10.1. The van der Waals surface area contributed by atoms with Crippen LogP contribution in [0, 0.1) is 3.57 Å². The molecule has 0 saturated carbocycles. The van der Waals surface area contributed by atoms with Crippen molar-refractivity contribution >= 4 is 44.2 Å². The molecule has 2 N–H and O–H groups in total. The van der Waals surface area contributed by atoms with Crippen molar-refractivity contribution in [3.05, 3.63) is 51.6 Å². The average Bonchev–Trinajstić information content (AvgIpc) is 2.54. The second-order valence-corrected chi connectivity index (χ2v) is 9.58. The molecule has 2 rings (SSSR count). The van der Waals surface area contributed by atoms with Crippen LogP contribution < -0.4 is 14.8 Å². The van der Waals surface area contributed by atoms with Gasteiger partial charge in [0, 0.05) is 20.4 Å². The molecule has 2 aromatic rings. The zero-order valence-electron chi connectivity index (χ0n) is 15.0. The number of sulfonamides is 1. The molecule has 0 aliphatic rings. The van der Waals surface area contributed by atoms with Crippen LogP contribution in [0.4, 0.5) is 5.69 Å². The Hall–Kier alpha value is -1.65. The van der Waals surface area contributed by atoms with Crippen LogP contribution in [0.25, 0.3) is 0 Å². The lowest BCUT2D eigenvalue weighted by molar-refractivity contribution is 0.102. The van der Waals surface area contributed by atoms with Crippen molar-refractivity contribution in [1.29, 1.82) is 0 Å². The molecule has 8 heteroatoms. The minimum Gasteiger partial charge on any atom is -0.495 e. The summed E-state index contributed by atoms with van der Waals surface area (Å²) in [5.74, 6) is -0.228. The van der Waals surface area contributed by atoms with Crippen LogP contribution in [-0.2, 0) is 10.0 Å². The summed E-state index contributed by atoms with van der Waals surface area (Å²) in [5.41, 5.74) is 0.186. The van der Waals surface area contributed by atoms with Gasteiger partial charge in [0.1, 0.15) is 10.6 Å². The number of methoxy groups -OCH3 is 1. The van der Waals surface area contributed by atoms with Crippen LogP contribution in [0.15, 0.2) is 47.4 Å². The number of amides is 1. The first-order valence-electron chi connectivity index (χ1n) is 7.81. The molecular weight excluding hydrogens is 467 g/mol. The summed E-state index contributed by atoms with van der Waals surface area (Å²) in [7, 11) is -2.47. The van der Waals surface area contributed by atoms with Crippen molar-refractivity contribution in [2.45, 2.75) is 31.2 Å². The van der Waals surface area contributed by atoms with Gasteiger partial charge in [-0.25, -0.2) is 13.1 Å². The van der Waals surface area contributed by atoms with Crippen molar-refractivity contribution in [1.82, 2.24) is 4.72 Å². The summed E-state index contributed by atoms with van der Waals surface area (Å²) >= 11 is 2.17. The van der Waals surface area contributed by atoms with E-state index in [-0.39, 0.29) is 16.2 Å². The number of ether oxygens (including phenoxy) is 1. The number of rotatable bonds is 5. The van der Waals surface area contributed by atoms with Crippen molar-refractivity contribution in [3.8, 4) is 5.75 Å². The van der Waals surface area contributed by atoms with Gasteiger partial charge in [-0.05, 0) is 85.8 Å². The van der Waals surface area contributed by atoms with Crippen LogP contribution in [0.1, 0.15) is 31.1 Å². The van der Waals surface area contributed by atoms with Crippen molar-refractivity contribution < 1.29 is 17.9 Å². The molecule has 0 aromatic heterocycles. The third-order valence-corrected chi connectivity index (χ3v) is 5.76. The van der Waals surface area contributed by atoms with Gasteiger partial charge >= 0.3 is 0 Å². The Morgan fingerprint density at radius 1 is 1.08 bits per heavy atom. The maximum absolute atomic E-state index is 12.7. The third-order valence-electron chi connectivity index (χ3n) is 3.26. The van der Waals surface area contributed by atoms with Crippen molar-refractivity contribution in [3.63, 3.8) is 0 Å². The second kappa shape index (κ2) is 7.93. The fraction of sp³-hybridized carbons (Fsp3) is 0.278. The van der Waals surface area contributed by atoms with E-state index in [4.69, 9.17) is 4.74 Å². The van der Waals surface area contributed by atoms with E-state index < -0.39 is 21.5 Å². The molecule has 6 nitrogen and oxygen atoms in total. The van der Waals surface area contributed by atoms with Gasteiger partial charge in [-0.15, -0.1) is 0 Å². The standard InChI is InChI=1S/C18H21IN2O4S/c1-18(2,3)21-26(23,24)16-11-12(5-10-15(16)25-4)17(22)20-14-8-6-13(19)7-9-14/h5-11,21H,1-4H3,(H,20,22). The molecule has 0 fully saturated rings. The molecular formula is C18H21IN2O4S. The fourth-order valence-corrected chi connectivity index (χ4v) is 4.20. The Bertz CT molecular complexity index is 904. The fourth-order valence-electron chi connectivity index (χ4n) is 2.22. The number of hydrogen-bond acceptors (Lipinski definition) is 4. The summed E-state index contributed by atoms with van der Waals surface area (Å²) < 4.78 is 34.1. The molecule has 0 bridgehead atoms. The van der Waals surface area contributed by atoms with Gasteiger partial charge in [-0.1, -0.05) is 0 Å². The van der Waals surface area contributed by atoms with Crippen molar-refractivity contribution in [2.75, 3.05) is 12.4 Å². The SMILES string of the molecule is COc1ccc(C(=O)Nc2ccc(I)cc2)cc1S(=O)(=O)NC(C)(C)C. The predicted molar refractivity (Wildman–Crippen MR) is 110 cm³/mol. The highest BCUT2D eigenvalue weighted by Gasteiger charge is 2.26. The summed E-state index contributed by atoms with van der Waals surface area (Å²) in [6.07, 6.45) is 0. The highest BCUT2D eigenvalue weighted by molar-refractivity contribution is 14.1. The number of carbonyl (C=O) groups is 1. The van der Waals surface area contributed by atoms with E-state index in [0.29, 0.717) is 5.69 Å². The Morgan fingerprint density at radius 2 is 1.69 bits per heavy atom. The predicted octanol–water partition coefficient (Wildman–Crippen LogP) is 3.63. The molecule has 0 heterocycles. The molecule has 1 amide bonds. The highest BCUT2D eigenvalue weighted by Crippen LogP contribution is 2.26. The van der Waals surface area contributed by atoms with E-state index in [0.717, 1.165) is 3.57 Å². The Balaban J connectivity index is 2.36. The lowest BCUT2D eigenvalue weighted by Crippen LogP contribution is -2.40. The molecule has 0 saturated heterocycles. The zero-order chi connectivity index (χ0) is 19.5. The topological polar surface area (TPSA) is 84.5 Å². The first-order valence-corrected chi connectivity index (χ1v) is 10.4. The van der Waals surface area contributed by atoms with E-state index in [2.05, 4.69) is 32.6 Å². The van der Waals surface area contributed by atoms with Gasteiger partial charge in [0.05, 0.1) is 7.11 Å². The molecule has 26 heavy (non-hydrogen) atoms. The lowest BCUT2D eigenvalue weighted by Gasteiger charge is -2.21. The number of hydrogen-bond donors (Lipinski definition) is 2. The van der Waals surface area contributed by atoms with E-state index in [1.807, 2.05) is 12.1 Å². The first kappa shape index (κ1) is 20.7. The number of halogens is 1. The Kier molecular flexibility index (Phi) is 6.30. The van der Waals surface area contributed by atoms with Gasteiger partial charge in [-0.3, -0.25) is 4.79 Å². The summed E-state index contributed by atoms with van der Waals surface area (Å²) in [4.78, 5) is 12.4. The molecule has 0 unspecified atom stereocenters. The minimum atomic E-state index is -3.85. The molecule has 2 aromatic carbocycles. The van der Waals surface area contributed by atoms with E-state index in [9.17, 15) is 13.2 Å². The van der Waals surface area contributed by atoms with Gasteiger partial charge in [-0.2, -0.15) is 0 Å². The molecule has 0 radical (unpaired) electrons. The highest BCUT2D eigenvalue weighted by atomic mass is 127. The van der Waals surface area contributed by atoms with E-state index >= 15 is 0 Å². The third kappa shape index (κ3) is 5.42. The smallest absolute Gasteiger partial charge is 0.255 e. The van der Waals surface area contributed by atoms with E-state index in [1.165, 1.54) is 25.3 Å². The molecule has 0 aliphatic carbocycles. The first-order chi connectivity index (χ1) is 12.0. The monoisotopic (exact) mass is 488 g/mol. The number of anilines is 1. The Labute approximate surface area is 167 Å². The molecule has 0 aliphatic heterocycles. The van der Waals surface area contributed by atoms with Crippen LogP contribution in [0.2, 0.25) is 0 Å². The number of nitrogens with one attached hydrogen (secondary N) is 2. The van der Waals surface area contributed by atoms with E-state index in [1.54, 1.807) is 32.9 Å². The number of benzene rings is 2. The summed E-state index contributed by atoms with van der Waals surface area (Å²) in [6.45, 7) is 5.22. The second-order valence-electron chi connectivity index (χ2n) is 6.68. The average molecular weight is 488 g/mol. The molecule has 140 valence electrons. The van der Waals surface area contributed by atoms with Gasteiger partial charge < -0.3 is 10.1 Å². The van der Waals surface area contributed by atoms with Crippen LogP contribution >= 0.6 is 22.6 Å². The summed E-state index contributed by atoms with van der Waals surface area (Å²) in [6, 6.07) is 11.6. The molecule has 0 atom stereocenters. The quantitative estimate of drug-likeness (QED) is 0.630. The molecule has 0 spiro atoms.